The summed E-state index contributed by atoms with van der Waals surface area (Å²) in [6.45, 7) is 2.84. The topological polar surface area (TPSA) is 78.2 Å². The van der Waals surface area contributed by atoms with Crippen LogP contribution in [0.15, 0.2) is 89.9 Å². The van der Waals surface area contributed by atoms with Crippen LogP contribution in [0, 0.1) is 0 Å². The summed E-state index contributed by atoms with van der Waals surface area (Å²) in [7, 11) is 0. The Hall–Kier alpha value is -4.39. The predicted octanol–water partition coefficient (Wildman–Crippen LogP) is 4.44. The van der Waals surface area contributed by atoms with Crippen molar-refractivity contribution in [1.82, 2.24) is 14.3 Å². The van der Waals surface area contributed by atoms with Gasteiger partial charge in [-0.1, -0.05) is 48.5 Å². The van der Waals surface area contributed by atoms with E-state index in [1.807, 2.05) is 66.1 Å². The van der Waals surface area contributed by atoms with Gasteiger partial charge in [0.2, 0.25) is 5.91 Å². The number of carbonyl (C=O) groups excluding carboxylic acids is 1. The normalized spacial score (nSPS) is 11.1. The molecular formula is C27H24N4O3. The Balaban J connectivity index is 1.48. The molecule has 3 aromatic carbocycles. The highest BCUT2D eigenvalue weighted by molar-refractivity contribution is 6.07. The van der Waals surface area contributed by atoms with E-state index in [4.69, 9.17) is 4.74 Å². The Bertz CT molecular complexity index is 1520. The van der Waals surface area contributed by atoms with E-state index < -0.39 is 0 Å². The minimum atomic E-state index is -0.330. The fourth-order valence-corrected chi connectivity index (χ4v) is 4.17. The Labute approximate surface area is 196 Å². The summed E-state index contributed by atoms with van der Waals surface area (Å²) < 4.78 is 8.65. The van der Waals surface area contributed by atoms with Gasteiger partial charge in [-0.05, 0) is 42.8 Å². The number of aromatic nitrogens is 3. The van der Waals surface area contributed by atoms with Gasteiger partial charge in [0.25, 0.3) is 5.56 Å². The van der Waals surface area contributed by atoms with Crippen molar-refractivity contribution in [3.05, 3.63) is 101 Å². The zero-order valence-corrected chi connectivity index (χ0v) is 18.8. The summed E-state index contributed by atoms with van der Waals surface area (Å²) in [5.74, 6) is 0.402. The van der Waals surface area contributed by atoms with Crippen LogP contribution in [0.4, 0.5) is 5.69 Å². The molecule has 0 saturated heterocycles. The lowest BCUT2D eigenvalue weighted by Gasteiger charge is -2.10. The number of nitrogens with zero attached hydrogens (tertiary/aromatic N) is 3. The van der Waals surface area contributed by atoms with Crippen molar-refractivity contribution in [2.75, 3.05) is 11.9 Å². The highest BCUT2D eigenvalue weighted by Crippen LogP contribution is 2.27. The molecule has 0 saturated carbocycles. The van der Waals surface area contributed by atoms with E-state index in [1.165, 1.54) is 4.68 Å². The SMILES string of the molecule is CCOc1ccc(NC(=O)Cn2ncc3c4ccccc4n(Cc4ccccc4)c3c2=O)cc1. The maximum atomic E-state index is 13.5. The van der Waals surface area contributed by atoms with Gasteiger partial charge in [0.05, 0.1) is 12.8 Å². The molecule has 0 unspecified atom stereocenters. The van der Waals surface area contributed by atoms with E-state index in [-0.39, 0.29) is 18.0 Å². The van der Waals surface area contributed by atoms with Crippen LogP contribution < -0.4 is 15.6 Å². The molecule has 1 N–H and O–H groups in total. The van der Waals surface area contributed by atoms with E-state index in [1.54, 1.807) is 30.5 Å². The number of hydrogen-bond donors (Lipinski definition) is 1. The second kappa shape index (κ2) is 9.23. The van der Waals surface area contributed by atoms with Crippen molar-refractivity contribution in [2.24, 2.45) is 0 Å². The number of nitrogens with one attached hydrogen (secondary N) is 1. The number of rotatable bonds is 7. The molecule has 1 amide bonds. The van der Waals surface area contributed by atoms with Gasteiger partial charge in [-0.25, -0.2) is 4.68 Å². The minimum absolute atomic E-state index is 0.186. The maximum absolute atomic E-state index is 13.5. The van der Waals surface area contributed by atoms with Crippen molar-refractivity contribution in [1.29, 1.82) is 0 Å². The third-order valence-corrected chi connectivity index (χ3v) is 5.70. The van der Waals surface area contributed by atoms with Crippen LogP contribution in [0.5, 0.6) is 5.75 Å². The maximum Gasteiger partial charge on any atom is 0.291 e. The lowest BCUT2D eigenvalue weighted by Crippen LogP contribution is -2.30. The van der Waals surface area contributed by atoms with E-state index in [9.17, 15) is 9.59 Å². The van der Waals surface area contributed by atoms with Gasteiger partial charge < -0.3 is 14.6 Å². The van der Waals surface area contributed by atoms with Crippen LogP contribution in [0.3, 0.4) is 0 Å². The van der Waals surface area contributed by atoms with E-state index >= 15 is 0 Å². The molecule has 0 fully saturated rings. The Kier molecular flexibility index (Phi) is 5.82. The molecule has 5 aromatic rings. The fourth-order valence-electron chi connectivity index (χ4n) is 4.17. The molecule has 0 atom stereocenters. The summed E-state index contributed by atoms with van der Waals surface area (Å²) in [4.78, 5) is 26.2. The highest BCUT2D eigenvalue weighted by Gasteiger charge is 2.17. The Morgan fingerprint density at radius 3 is 2.44 bits per heavy atom. The monoisotopic (exact) mass is 452 g/mol. The first-order chi connectivity index (χ1) is 16.6. The van der Waals surface area contributed by atoms with Gasteiger partial charge in [-0.15, -0.1) is 0 Å². The standard InChI is InChI=1S/C27H24N4O3/c1-2-34-21-14-12-20(13-15-21)29-25(32)18-31-27(33)26-23(16-28-31)22-10-6-7-11-24(22)30(26)17-19-8-4-3-5-9-19/h3-16H,2,17-18H2,1H3,(H,29,32). The molecule has 0 spiro atoms. The highest BCUT2D eigenvalue weighted by atomic mass is 16.5. The molecule has 2 aromatic heterocycles. The molecule has 7 heteroatoms. The second-order valence-corrected chi connectivity index (χ2v) is 7.96. The lowest BCUT2D eigenvalue weighted by molar-refractivity contribution is -0.117. The smallest absolute Gasteiger partial charge is 0.291 e. The van der Waals surface area contributed by atoms with Crippen molar-refractivity contribution < 1.29 is 9.53 Å². The molecule has 0 bridgehead atoms. The molecule has 2 heterocycles. The van der Waals surface area contributed by atoms with Crippen LogP contribution in [0.2, 0.25) is 0 Å². The largest absolute Gasteiger partial charge is 0.494 e. The summed E-state index contributed by atoms with van der Waals surface area (Å²) in [5, 5.41) is 8.86. The number of fused-ring (bicyclic) bond motifs is 3. The van der Waals surface area contributed by atoms with Crippen molar-refractivity contribution in [3.63, 3.8) is 0 Å². The summed E-state index contributed by atoms with van der Waals surface area (Å²) in [5.41, 5.74) is 2.90. The Morgan fingerprint density at radius 2 is 1.68 bits per heavy atom. The van der Waals surface area contributed by atoms with Gasteiger partial charge in [0.1, 0.15) is 17.8 Å². The van der Waals surface area contributed by atoms with E-state index in [0.29, 0.717) is 24.4 Å². The second-order valence-electron chi connectivity index (χ2n) is 7.96. The Morgan fingerprint density at radius 1 is 0.941 bits per heavy atom. The van der Waals surface area contributed by atoms with Crippen molar-refractivity contribution in [2.45, 2.75) is 20.0 Å². The van der Waals surface area contributed by atoms with Gasteiger partial charge in [-0.3, -0.25) is 9.59 Å². The molecule has 170 valence electrons. The van der Waals surface area contributed by atoms with Gasteiger partial charge in [0.15, 0.2) is 0 Å². The molecule has 0 aliphatic rings. The van der Waals surface area contributed by atoms with Gasteiger partial charge in [-0.2, -0.15) is 5.10 Å². The number of amides is 1. The molecule has 0 aliphatic carbocycles. The fraction of sp³-hybridized carbons (Fsp3) is 0.148. The van der Waals surface area contributed by atoms with Crippen molar-refractivity contribution in [3.8, 4) is 5.75 Å². The number of carbonyl (C=O) groups is 1. The number of hydrogen-bond acceptors (Lipinski definition) is 4. The third kappa shape index (κ3) is 4.15. The van der Waals surface area contributed by atoms with E-state index in [2.05, 4.69) is 10.4 Å². The molecule has 5 rings (SSSR count). The summed E-state index contributed by atoms with van der Waals surface area (Å²) >= 11 is 0. The molecule has 34 heavy (non-hydrogen) atoms. The predicted molar refractivity (Wildman–Crippen MR) is 133 cm³/mol. The third-order valence-electron chi connectivity index (χ3n) is 5.70. The molecular weight excluding hydrogens is 428 g/mol. The molecule has 0 radical (unpaired) electrons. The first-order valence-corrected chi connectivity index (χ1v) is 11.2. The van der Waals surface area contributed by atoms with Crippen LogP contribution in [0.25, 0.3) is 21.8 Å². The van der Waals surface area contributed by atoms with Gasteiger partial charge >= 0.3 is 0 Å². The number of benzene rings is 3. The first kappa shape index (κ1) is 21.5. The van der Waals surface area contributed by atoms with Crippen LogP contribution in [-0.4, -0.2) is 26.9 Å². The molecule has 7 nitrogen and oxygen atoms in total. The lowest BCUT2D eigenvalue weighted by atomic mass is 10.2. The number of ether oxygens (including phenoxy) is 1. The zero-order valence-electron chi connectivity index (χ0n) is 18.8. The zero-order chi connectivity index (χ0) is 23.5. The summed E-state index contributed by atoms with van der Waals surface area (Å²) in [6, 6.07) is 25.0. The quantitative estimate of drug-likeness (QED) is 0.396. The minimum Gasteiger partial charge on any atom is -0.494 e. The van der Waals surface area contributed by atoms with Crippen LogP contribution in [-0.2, 0) is 17.9 Å². The average molecular weight is 453 g/mol. The molecule has 0 aliphatic heterocycles. The number of para-hydroxylation sites is 1. The van der Waals surface area contributed by atoms with Crippen LogP contribution >= 0.6 is 0 Å². The summed E-state index contributed by atoms with van der Waals surface area (Å²) in [6.07, 6.45) is 1.67. The number of anilines is 1. The van der Waals surface area contributed by atoms with Crippen LogP contribution in [0.1, 0.15) is 12.5 Å². The first-order valence-electron chi connectivity index (χ1n) is 11.2. The van der Waals surface area contributed by atoms with E-state index in [0.717, 1.165) is 27.6 Å². The van der Waals surface area contributed by atoms with Gasteiger partial charge in [0, 0.05) is 28.5 Å². The van der Waals surface area contributed by atoms with Crippen molar-refractivity contribution >= 4 is 33.4 Å². The average Bonchev–Trinajstić information content (AvgIpc) is 3.17.